The van der Waals surface area contributed by atoms with Gasteiger partial charge < -0.3 is 24.6 Å². The highest BCUT2D eigenvalue weighted by molar-refractivity contribution is 5.46. The number of aryl methyl sites for hydroxylation is 1. The van der Waals surface area contributed by atoms with E-state index < -0.39 is 11.2 Å². The number of aliphatic hydroxyl groups is 2. The highest BCUT2D eigenvalue weighted by atomic mass is 19.1. The van der Waals surface area contributed by atoms with Gasteiger partial charge in [-0.05, 0) is 56.2 Å². The van der Waals surface area contributed by atoms with Crippen LogP contribution in [0.1, 0.15) is 18.4 Å². The third-order valence-corrected chi connectivity index (χ3v) is 6.37. The number of hydrogen-bond acceptors (Lipinski definition) is 6. The molecule has 32 heavy (non-hydrogen) atoms. The molecule has 0 saturated carbocycles. The van der Waals surface area contributed by atoms with Crippen molar-refractivity contribution in [3.05, 3.63) is 59.9 Å². The van der Waals surface area contributed by atoms with E-state index in [4.69, 9.17) is 9.47 Å². The van der Waals surface area contributed by atoms with E-state index in [1.807, 2.05) is 31.2 Å². The summed E-state index contributed by atoms with van der Waals surface area (Å²) >= 11 is 0. The summed E-state index contributed by atoms with van der Waals surface area (Å²) in [6.07, 6.45) is 1.22. The van der Waals surface area contributed by atoms with Crippen LogP contribution >= 0.6 is 0 Å². The molecule has 0 aromatic heterocycles. The molecule has 2 aliphatic rings. The van der Waals surface area contributed by atoms with E-state index in [0.29, 0.717) is 57.9 Å². The lowest BCUT2D eigenvalue weighted by Gasteiger charge is -2.42. The largest absolute Gasteiger partial charge is 0.490 e. The summed E-state index contributed by atoms with van der Waals surface area (Å²) in [7, 11) is 0. The van der Waals surface area contributed by atoms with E-state index in [1.54, 1.807) is 12.1 Å². The zero-order valence-corrected chi connectivity index (χ0v) is 18.7. The molecule has 2 aliphatic heterocycles. The monoisotopic (exact) mass is 444 g/mol. The Morgan fingerprint density at radius 1 is 0.969 bits per heavy atom. The number of nitrogens with zero attached hydrogens (tertiary/aromatic N) is 2. The molecule has 1 atom stereocenters. The van der Waals surface area contributed by atoms with Gasteiger partial charge in [0, 0.05) is 38.4 Å². The van der Waals surface area contributed by atoms with Crippen LogP contribution in [0, 0.1) is 12.7 Å². The van der Waals surface area contributed by atoms with E-state index in [-0.39, 0.29) is 19.0 Å². The quantitative estimate of drug-likeness (QED) is 0.714. The Bertz CT molecular complexity index is 869. The molecule has 7 heteroatoms. The predicted molar refractivity (Wildman–Crippen MR) is 122 cm³/mol. The summed E-state index contributed by atoms with van der Waals surface area (Å²) in [5, 5.41) is 22.4. The molecule has 6 nitrogen and oxygen atoms in total. The van der Waals surface area contributed by atoms with E-state index in [9.17, 15) is 14.6 Å². The Morgan fingerprint density at radius 3 is 2.34 bits per heavy atom. The molecule has 0 bridgehead atoms. The first-order valence-electron chi connectivity index (χ1n) is 11.3. The fourth-order valence-electron chi connectivity index (χ4n) is 4.48. The molecule has 2 aromatic rings. The molecule has 2 fully saturated rings. The van der Waals surface area contributed by atoms with Crippen LogP contribution in [0.25, 0.3) is 0 Å². The lowest BCUT2D eigenvalue weighted by molar-refractivity contribution is -0.0742. The van der Waals surface area contributed by atoms with Crippen LogP contribution in [-0.2, 0) is 4.74 Å². The Hall–Kier alpha value is -2.19. The fraction of sp³-hybridized carbons (Fsp3) is 0.520. The molecule has 4 rings (SSSR count). The van der Waals surface area contributed by atoms with Crippen molar-refractivity contribution < 1.29 is 24.1 Å². The summed E-state index contributed by atoms with van der Waals surface area (Å²) in [6.45, 7) is 5.75. The number of ether oxygens (including phenoxy) is 2. The highest BCUT2D eigenvalue weighted by Gasteiger charge is 2.39. The van der Waals surface area contributed by atoms with Crippen LogP contribution in [0.4, 0.5) is 10.1 Å². The molecular weight excluding hydrogens is 411 g/mol. The Balaban J connectivity index is 1.32. The smallest absolute Gasteiger partial charge is 0.134 e. The molecule has 0 radical (unpaired) electrons. The van der Waals surface area contributed by atoms with Crippen LogP contribution < -0.4 is 9.64 Å². The SMILES string of the molecule is Cc1ccc(OCC2(O)COCCN(CC3(O)CCN(c4ccc(F)cc4)CC3)C2)cc1. The van der Waals surface area contributed by atoms with Gasteiger partial charge in [-0.2, -0.15) is 0 Å². The third kappa shape index (κ3) is 5.98. The number of hydrogen-bond donors (Lipinski definition) is 2. The second kappa shape index (κ2) is 9.75. The average Bonchev–Trinajstić information content (AvgIpc) is 2.95. The van der Waals surface area contributed by atoms with Crippen molar-refractivity contribution in [2.45, 2.75) is 31.0 Å². The van der Waals surface area contributed by atoms with Gasteiger partial charge in [-0.15, -0.1) is 0 Å². The zero-order chi connectivity index (χ0) is 22.6. The van der Waals surface area contributed by atoms with Crippen LogP contribution in [0.15, 0.2) is 48.5 Å². The minimum atomic E-state index is -1.15. The first-order valence-corrected chi connectivity index (χ1v) is 11.3. The summed E-state index contributed by atoms with van der Waals surface area (Å²) in [6, 6.07) is 14.2. The number of benzene rings is 2. The molecular formula is C25H33FN2O4. The summed E-state index contributed by atoms with van der Waals surface area (Å²) in [5.74, 6) is 0.469. The second-order valence-electron chi connectivity index (χ2n) is 9.28. The molecule has 0 amide bonds. The number of anilines is 1. The minimum Gasteiger partial charge on any atom is -0.490 e. The summed E-state index contributed by atoms with van der Waals surface area (Å²) in [4.78, 5) is 4.25. The molecule has 2 N–H and O–H groups in total. The van der Waals surface area contributed by atoms with Gasteiger partial charge >= 0.3 is 0 Å². The van der Waals surface area contributed by atoms with Crippen LogP contribution in [-0.4, -0.2) is 78.9 Å². The molecule has 2 heterocycles. The molecule has 2 saturated heterocycles. The minimum absolute atomic E-state index is 0.128. The van der Waals surface area contributed by atoms with Gasteiger partial charge in [-0.1, -0.05) is 17.7 Å². The van der Waals surface area contributed by atoms with E-state index in [1.165, 1.54) is 12.1 Å². The maximum absolute atomic E-state index is 13.2. The number of piperidine rings is 1. The van der Waals surface area contributed by atoms with Crippen molar-refractivity contribution in [1.82, 2.24) is 4.90 Å². The Labute approximate surface area is 189 Å². The van der Waals surface area contributed by atoms with Gasteiger partial charge in [0.2, 0.25) is 0 Å². The van der Waals surface area contributed by atoms with Crippen molar-refractivity contribution in [2.24, 2.45) is 0 Å². The summed E-state index contributed by atoms with van der Waals surface area (Å²) < 4.78 is 24.7. The Morgan fingerprint density at radius 2 is 1.66 bits per heavy atom. The number of β-amino-alcohol motifs (C(OH)–C–C–N with tert-alkyl or cyclic N) is 2. The maximum atomic E-state index is 13.2. The zero-order valence-electron chi connectivity index (χ0n) is 18.7. The van der Waals surface area contributed by atoms with Crippen molar-refractivity contribution in [2.75, 3.05) is 57.4 Å². The first-order chi connectivity index (χ1) is 15.3. The first kappa shape index (κ1) is 23.0. The maximum Gasteiger partial charge on any atom is 0.134 e. The number of halogens is 1. The number of rotatable bonds is 6. The normalized spacial score (nSPS) is 24.2. The summed E-state index contributed by atoms with van der Waals surface area (Å²) in [5.41, 5.74) is 0.143. The molecule has 1 unspecified atom stereocenters. The topological polar surface area (TPSA) is 65.4 Å². The van der Waals surface area contributed by atoms with E-state index >= 15 is 0 Å². The Kier molecular flexibility index (Phi) is 7.00. The molecule has 0 aliphatic carbocycles. The van der Waals surface area contributed by atoms with Gasteiger partial charge in [0.1, 0.15) is 23.8 Å². The predicted octanol–water partition coefficient (Wildman–Crippen LogP) is 2.61. The van der Waals surface area contributed by atoms with Crippen molar-refractivity contribution in [3.63, 3.8) is 0 Å². The van der Waals surface area contributed by atoms with E-state index in [0.717, 1.165) is 11.3 Å². The molecule has 2 aromatic carbocycles. The lowest BCUT2D eigenvalue weighted by atomic mass is 9.90. The van der Waals surface area contributed by atoms with Crippen molar-refractivity contribution >= 4 is 5.69 Å². The van der Waals surface area contributed by atoms with Crippen LogP contribution in [0.2, 0.25) is 0 Å². The van der Waals surface area contributed by atoms with Gasteiger partial charge in [-0.25, -0.2) is 4.39 Å². The second-order valence-corrected chi connectivity index (χ2v) is 9.28. The molecule has 174 valence electrons. The lowest BCUT2D eigenvalue weighted by Crippen LogP contribution is -2.55. The van der Waals surface area contributed by atoms with E-state index in [2.05, 4.69) is 9.80 Å². The molecule has 0 spiro atoms. The van der Waals surface area contributed by atoms with Gasteiger partial charge in [0.25, 0.3) is 0 Å². The van der Waals surface area contributed by atoms with Crippen LogP contribution in [0.3, 0.4) is 0 Å². The average molecular weight is 445 g/mol. The van der Waals surface area contributed by atoms with Crippen LogP contribution in [0.5, 0.6) is 5.75 Å². The van der Waals surface area contributed by atoms with Gasteiger partial charge in [0.15, 0.2) is 0 Å². The fourth-order valence-corrected chi connectivity index (χ4v) is 4.48. The van der Waals surface area contributed by atoms with Crippen molar-refractivity contribution in [1.29, 1.82) is 0 Å². The van der Waals surface area contributed by atoms with Crippen molar-refractivity contribution in [3.8, 4) is 5.75 Å². The standard InChI is InChI=1S/C25H33FN2O4/c1-20-2-8-23(9-3-20)32-19-25(30)17-27(14-15-31-18-25)16-24(29)10-12-28(13-11-24)22-6-4-21(26)5-7-22/h2-9,29-30H,10-19H2,1H3. The van der Waals surface area contributed by atoms with Gasteiger partial charge in [-0.3, -0.25) is 4.90 Å². The highest BCUT2D eigenvalue weighted by Crippen LogP contribution is 2.28. The van der Waals surface area contributed by atoms with Gasteiger partial charge in [0.05, 0.1) is 18.8 Å². The third-order valence-electron chi connectivity index (χ3n) is 6.37.